The maximum absolute atomic E-state index is 5.25. The molecule has 20 heavy (non-hydrogen) atoms. The molecule has 114 valence electrons. The fourth-order valence-corrected chi connectivity index (χ4v) is 3.34. The second kappa shape index (κ2) is 5.06. The zero-order chi connectivity index (χ0) is 15.1. The van der Waals surface area contributed by atoms with E-state index in [2.05, 4.69) is 55.7 Å². The van der Waals surface area contributed by atoms with Crippen molar-refractivity contribution in [2.75, 3.05) is 25.6 Å². The Hall–Kier alpha value is -1.03. The van der Waals surface area contributed by atoms with Crippen molar-refractivity contribution in [3.8, 4) is 0 Å². The van der Waals surface area contributed by atoms with Crippen LogP contribution in [0, 0.1) is 23.7 Å². The minimum atomic E-state index is 0.295. The second-order valence-corrected chi connectivity index (χ2v) is 7.29. The molecule has 1 saturated carbocycles. The quantitative estimate of drug-likeness (QED) is 0.866. The Morgan fingerprint density at radius 2 is 1.95 bits per heavy atom. The molecule has 1 fully saturated rings. The number of hydrogen-bond donors (Lipinski definition) is 1. The number of ether oxygens (including phenoxy) is 1. The standard InChI is InChI=1S/C16H29N3O/c1-11-9-19(12(2)10-20-7)14(18-11)17-8-13-15(3,4)16(13,5)6/h9,12-13H,8,10H2,1-7H3,(H,17,18). The van der Waals surface area contributed by atoms with E-state index in [4.69, 9.17) is 4.74 Å². The van der Waals surface area contributed by atoms with Gasteiger partial charge in [-0.05, 0) is 30.6 Å². The molecule has 1 unspecified atom stereocenters. The first-order valence-corrected chi connectivity index (χ1v) is 7.50. The SMILES string of the molecule is COCC(C)n1cc(C)nc1NCC1C(C)(C)C1(C)C. The molecule has 1 heterocycles. The number of nitrogens with one attached hydrogen (secondary N) is 1. The Morgan fingerprint density at radius 3 is 2.45 bits per heavy atom. The Morgan fingerprint density at radius 1 is 1.35 bits per heavy atom. The summed E-state index contributed by atoms with van der Waals surface area (Å²) in [6, 6.07) is 0.295. The number of hydrogen-bond acceptors (Lipinski definition) is 3. The molecule has 2 rings (SSSR count). The summed E-state index contributed by atoms with van der Waals surface area (Å²) < 4.78 is 7.43. The highest BCUT2D eigenvalue weighted by molar-refractivity contribution is 5.31. The van der Waals surface area contributed by atoms with E-state index in [1.54, 1.807) is 7.11 Å². The monoisotopic (exact) mass is 279 g/mol. The fraction of sp³-hybridized carbons (Fsp3) is 0.812. The van der Waals surface area contributed by atoms with Gasteiger partial charge in [-0.15, -0.1) is 0 Å². The van der Waals surface area contributed by atoms with Crippen LogP contribution in [-0.2, 0) is 4.74 Å². The van der Waals surface area contributed by atoms with Gasteiger partial charge in [0.1, 0.15) is 0 Å². The third-order valence-corrected chi connectivity index (χ3v) is 5.52. The molecule has 0 saturated heterocycles. The number of aryl methyl sites for hydroxylation is 1. The molecule has 0 amide bonds. The van der Waals surface area contributed by atoms with Crippen LogP contribution in [0.25, 0.3) is 0 Å². The van der Waals surface area contributed by atoms with Gasteiger partial charge in [-0.2, -0.15) is 0 Å². The molecule has 0 spiro atoms. The third-order valence-electron chi connectivity index (χ3n) is 5.52. The highest BCUT2D eigenvalue weighted by atomic mass is 16.5. The molecule has 0 aliphatic heterocycles. The Kier molecular flexibility index (Phi) is 3.89. The lowest BCUT2D eigenvalue weighted by Crippen LogP contribution is -2.16. The second-order valence-electron chi connectivity index (χ2n) is 7.29. The fourth-order valence-electron chi connectivity index (χ4n) is 3.34. The van der Waals surface area contributed by atoms with E-state index < -0.39 is 0 Å². The van der Waals surface area contributed by atoms with Crippen LogP contribution in [0.3, 0.4) is 0 Å². The Bertz CT molecular complexity index is 462. The van der Waals surface area contributed by atoms with Crippen LogP contribution in [0.15, 0.2) is 6.20 Å². The van der Waals surface area contributed by atoms with E-state index in [1.165, 1.54) is 0 Å². The lowest BCUT2D eigenvalue weighted by molar-refractivity contribution is 0.163. The summed E-state index contributed by atoms with van der Waals surface area (Å²) in [5.41, 5.74) is 1.86. The van der Waals surface area contributed by atoms with Gasteiger partial charge in [0.25, 0.3) is 0 Å². The van der Waals surface area contributed by atoms with Gasteiger partial charge in [0.2, 0.25) is 5.95 Å². The molecule has 1 aromatic rings. The molecular formula is C16H29N3O. The minimum Gasteiger partial charge on any atom is -0.383 e. The van der Waals surface area contributed by atoms with Crippen molar-refractivity contribution in [3.05, 3.63) is 11.9 Å². The van der Waals surface area contributed by atoms with E-state index in [0.29, 0.717) is 29.4 Å². The Labute approximate surface area is 122 Å². The highest BCUT2D eigenvalue weighted by Gasteiger charge is 2.64. The van der Waals surface area contributed by atoms with Crippen molar-refractivity contribution in [2.45, 2.75) is 47.6 Å². The lowest BCUT2D eigenvalue weighted by atomic mass is 10.0. The van der Waals surface area contributed by atoms with Crippen LogP contribution >= 0.6 is 0 Å². The Balaban J connectivity index is 2.04. The van der Waals surface area contributed by atoms with Crippen LogP contribution in [-0.4, -0.2) is 29.8 Å². The van der Waals surface area contributed by atoms with Gasteiger partial charge >= 0.3 is 0 Å². The van der Waals surface area contributed by atoms with E-state index in [0.717, 1.165) is 18.2 Å². The molecule has 4 heteroatoms. The average molecular weight is 279 g/mol. The highest BCUT2D eigenvalue weighted by Crippen LogP contribution is 2.68. The molecule has 1 atom stereocenters. The largest absolute Gasteiger partial charge is 0.383 e. The summed E-state index contributed by atoms with van der Waals surface area (Å²) >= 11 is 0. The van der Waals surface area contributed by atoms with Crippen molar-refractivity contribution < 1.29 is 4.74 Å². The number of aromatic nitrogens is 2. The molecular weight excluding hydrogens is 250 g/mol. The molecule has 0 bridgehead atoms. The van der Waals surface area contributed by atoms with Crippen molar-refractivity contribution in [1.82, 2.24) is 9.55 Å². The molecule has 1 aliphatic rings. The molecule has 1 aromatic heterocycles. The van der Waals surface area contributed by atoms with E-state index in [9.17, 15) is 0 Å². The smallest absolute Gasteiger partial charge is 0.203 e. The van der Waals surface area contributed by atoms with E-state index in [1.807, 2.05) is 6.92 Å². The number of nitrogens with zero attached hydrogens (tertiary/aromatic N) is 2. The predicted octanol–water partition coefficient (Wildman–Crippen LogP) is 3.49. The topological polar surface area (TPSA) is 39.1 Å². The van der Waals surface area contributed by atoms with Crippen LogP contribution in [0.2, 0.25) is 0 Å². The summed E-state index contributed by atoms with van der Waals surface area (Å²) in [6.45, 7) is 15.3. The lowest BCUT2D eigenvalue weighted by Gasteiger charge is -2.16. The summed E-state index contributed by atoms with van der Waals surface area (Å²) in [7, 11) is 1.74. The van der Waals surface area contributed by atoms with Crippen LogP contribution in [0.1, 0.15) is 46.4 Å². The van der Waals surface area contributed by atoms with Gasteiger partial charge in [0.15, 0.2) is 0 Å². The molecule has 0 aromatic carbocycles. The summed E-state index contributed by atoms with van der Waals surface area (Å²) in [6.07, 6.45) is 2.09. The zero-order valence-electron chi connectivity index (χ0n) is 13.9. The molecule has 1 aliphatic carbocycles. The third kappa shape index (κ3) is 2.46. The van der Waals surface area contributed by atoms with Crippen molar-refractivity contribution >= 4 is 5.95 Å². The van der Waals surface area contributed by atoms with Gasteiger partial charge in [0, 0.05) is 19.9 Å². The van der Waals surface area contributed by atoms with Gasteiger partial charge in [0.05, 0.1) is 18.3 Å². The molecule has 0 radical (unpaired) electrons. The number of rotatable bonds is 6. The summed E-state index contributed by atoms with van der Waals surface area (Å²) in [5.74, 6) is 1.66. The number of methoxy groups -OCH3 is 1. The van der Waals surface area contributed by atoms with Crippen molar-refractivity contribution in [3.63, 3.8) is 0 Å². The maximum Gasteiger partial charge on any atom is 0.203 e. The summed E-state index contributed by atoms with van der Waals surface area (Å²) in [4.78, 5) is 4.61. The maximum atomic E-state index is 5.25. The van der Waals surface area contributed by atoms with Crippen molar-refractivity contribution in [2.24, 2.45) is 16.7 Å². The van der Waals surface area contributed by atoms with Crippen LogP contribution < -0.4 is 5.32 Å². The number of anilines is 1. The van der Waals surface area contributed by atoms with Crippen molar-refractivity contribution in [1.29, 1.82) is 0 Å². The van der Waals surface area contributed by atoms with Crippen LogP contribution in [0.5, 0.6) is 0 Å². The van der Waals surface area contributed by atoms with Gasteiger partial charge < -0.3 is 14.6 Å². The summed E-state index contributed by atoms with van der Waals surface area (Å²) in [5, 5.41) is 3.54. The molecule has 1 N–H and O–H groups in total. The van der Waals surface area contributed by atoms with E-state index in [-0.39, 0.29) is 0 Å². The van der Waals surface area contributed by atoms with Gasteiger partial charge in [-0.25, -0.2) is 4.98 Å². The van der Waals surface area contributed by atoms with E-state index >= 15 is 0 Å². The molecule has 4 nitrogen and oxygen atoms in total. The average Bonchev–Trinajstić information content (AvgIpc) is 2.61. The predicted molar refractivity (Wildman–Crippen MR) is 83.1 cm³/mol. The minimum absolute atomic E-state index is 0.295. The first-order valence-electron chi connectivity index (χ1n) is 7.50. The zero-order valence-corrected chi connectivity index (χ0v) is 13.9. The first-order chi connectivity index (χ1) is 9.21. The first kappa shape index (κ1) is 15.4. The van der Waals surface area contributed by atoms with Gasteiger partial charge in [-0.1, -0.05) is 27.7 Å². The normalized spacial score (nSPS) is 21.8. The van der Waals surface area contributed by atoms with Crippen LogP contribution in [0.4, 0.5) is 5.95 Å². The van der Waals surface area contributed by atoms with Gasteiger partial charge in [-0.3, -0.25) is 0 Å². The number of imidazole rings is 1.